The minimum absolute atomic E-state index is 0. The molecule has 0 bridgehead atoms. The predicted octanol–water partition coefficient (Wildman–Crippen LogP) is 1.23. The summed E-state index contributed by atoms with van der Waals surface area (Å²) in [7, 11) is 0. The quantitative estimate of drug-likeness (QED) is 0.838. The number of carbonyl (C=O) groups excluding carboxylic acids is 2. The number of piperidine rings is 1. The van der Waals surface area contributed by atoms with Crippen LogP contribution in [0, 0.1) is 11.8 Å². The van der Waals surface area contributed by atoms with Crippen LogP contribution < -0.4 is 10.6 Å². The largest absolute Gasteiger partial charge is 0.355 e. The van der Waals surface area contributed by atoms with E-state index in [1.165, 1.54) is 0 Å². The molecular weight excluding hydrogens is 326 g/mol. The number of nitrogens with one attached hydrogen (secondary N) is 2. The van der Waals surface area contributed by atoms with Gasteiger partial charge in [-0.3, -0.25) is 9.59 Å². The third kappa shape index (κ3) is 4.95. The fourth-order valence-electron chi connectivity index (χ4n) is 3.18. The first-order valence-corrected chi connectivity index (χ1v) is 8.52. The Labute approximate surface area is 149 Å². The van der Waals surface area contributed by atoms with Gasteiger partial charge in [0.2, 0.25) is 11.8 Å². The molecule has 2 saturated heterocycles. The van der Waals surface area contributed by atoms with E-state index < -0.39 is 0 Å². The van der Waals surface area contributed by atoms with E-state index in [1.807, 2.05) is 35.2 Å². The summed E-state index contributed by atoms with van der Waals surface area (Å²) in [6, 6.07) is 9.79. The molecule has 3 rings (SSSR count). The molecule has 24 heavy (non-hydrogen) atoms. The van der Waals surface area contributed by atoms with Gasteiger partial charge in [0.15, 0.2) is 0 Å². The van der Waals surface area contributed by atoms with Crippen molar-refractivity contribution in [3.63, 3.8) is 0 Å². The van der Waals surface area contributed by atoms with Gasteiger partial charge in [-0.05, 0) is 18.4 Å². The van der Waals surface area contributed by atoms with Crippen molar-refractivity contribution in [2.75, 3.05) is 32.7 Å². The van der Waals surface area contributed by atoms with E-state index in [0.717, 1.165) is 44.6 Å². The smallest absolute Gasteiger partial charge is 0.227 e. The van der Waals surface area contributed by atoms with E-state index in [0.29, 0.717) is 18.9 Å². The number of amides is 2. The average Bonchev–Trinajstić information content (AvgIpc) is 2.54. The molecule has 2 fully saturated rings. The van der Waals surface area contributed by atoms with E-state index in [-0.39, 0.29) is 30.1 Å². The predicted molar refractivity (Wildman–Crippen MR) is 96.1 cm³/mol. The summed E-state index contributed by atoms with van der Waals surface area (Å²) >= 11 is 0. The lowest BCUT2D eigenvalue weighted by molar-refractivity contribution is -0.135. The summed E-state index contributed by atoms with van der Waals surface area (Å²) in [5.41, 5.74) is 1.03. The molecular formula is C18H26ClN3O2. The molecule has 2 amide bonds. The van der Waals surface area contributed by atoms with Crippen LogP contribution in [0.15, 0.2) is 30.3 Å². The molecule has 2 heterocycles. The van der Waals surface area contributed by atoms with Crippen molar-refractivity contribution >= 4 is 24.2 Å². The maximum atomic E-state index is 12.4. The highest BCUT2D eigenvalue weighted by Gasteiger charge is 2.29. The van der Waals surface area contributed by atoms with Crippen LogP contribution in [0.5, 0.6) is 0 Å². The van der Waals surface area contributed by atoms with E-state index in [4.69, 9.17) is 0 Å². The van der Waals surface area contributed by atoms with Gasteiger partial charge in [0, 0.05) is 38.6 Å². The molecule has 2 aliphatic rings. The summed E-state index contributed by atoms with van der Waals surface area (Å²) in [4.78, 5) is 26.6. The van der Waals surface area contributed by atoms with E-state index in [9.17, 15) is 9.59 Å². The van der Waals surface area contributed by atoms with Gasteiger partial charge >= 0.3 is 0 Å². The highest BCUT2D eigenvalue weighted by molar-refractivity contribution is 5.85. The van der Waals surface area contributed by atoms with Crippen molar-refractivity contribution in [2.45, 2.75) is 19.3 Å². The Morgan fingerprint density at radius 3 is 2.62 bits per heavy atom. The lowest BCUT2D eigenvalue weighted by Crippen LogP contribution is -2.51. The number of halogens is 1. The number of likely N-dealkylation sites (tertiary alicyclic amines) is 1. The maximum Gasteiger partial charge on any atom is 0.227 e. The third-order valence-electron chi connectivity index (χ3n) is 4.77. The number of rotatable bonds is 5. The van der Waals surface area contributed by atoms with Crippen LogP contribution in [0.3, 0.4) is 0 Å². The fourth-order valence-corrected chi connectivity index (χ4v) is 3.18. The Kier molecular flexibility index (Phi) is 7.06. The molecule has 1 aromatic rings. The fraction of sp³-hybridized carbons (Fsp3) is 0.556. The zero-order valence-corrected chi connectivity index (χ0v) is 14.7. The minimum atomic E-state index is -0.0588. The second-order valence-corrected chi connectivity index (χ2v) is 6.61. The van der Waals surface area contributed by atoms with Crippen LogP contribution in [0.4, 0.5) is 0 Å². The van der Waals surface area contributed by atoms with Crippen molar-refractivity contribution in [1.82, 2.24) is 15.5 Å². The normalized spacial score (nSPS) is 20.7. The van der Waals surface area contributed by atoms with Crippen LogP contribution in [0.1, 0.15) is 18.4 Å². The molecule has 5 nitrogen and oxygen atoms in total. The molecule has 0 radical (unpaired) electrons. The van der Waals surface area contributed by atoms with Gasteiger partial charge in [-0.1, -0.05) is 30.3 Å². The number of hydrogen-bond donors (Lipinski definition) is 2. The van der Waals surface area contributed by atoms with Gasteiger partial charge in [0.05, 0.1) is 12.3 Å². The third-order valence-corrected chi connectivity index (χ3v) is 4.77. The number of carbonyl (C=O) groups is 2. The second kappa shape index (κ2) is 9.04. The van der Waals surface area contributed by atoms with Crippen molar-refractivity contribution in [3.05, 3.63) is 35.9 Å². The Morgan fingerprint density at radius 2 is 1.96 bits per heavy atom. The molecule has 0 saturated carbocycles. The average molecular weight is 352 g/mol. The molecule has 1 atom stereocenters. The number of nitrogens with zero attached hydrogens (tertiary/aromatic N) is 1. The van der Waals surface area contributed by atoms with E-state index in [1.54, 1.807) is 0 Å². The van der Waals surface area contributed by atoms with Gasteiger partial charge in [-0.25, -0.2) is 0 Å². The summed E-state index contributed by atoms with van der Waals surface area (Å²) in [5, 5.41) is 6.25. The van der Waals surface area contributed by atoms with E-state index in [2.05, 4.69) is 10.6 Å². The number of hydrogen-bond acceptors (Lipinski definition) is 3. The zero-order valence-electron chi connectivity index (χ0n) is 13.9. The van der Waals surface area contributed by atoms with Gasteiger partial charge in [-0.15, -0.1) is 12.4 Å². The summed E-state index contributed by atoms with van der Waals surface area (Å²) in [6.07, 6.45) is 2.20. The van der Waals surface area contributed by atoms with Crippen LogP contribution in [0.2, 0.25) is 0 Å². The van der Waals surface area contributed by atoms with Gasteiger partial charge in [-0.2, -0.15) is 0 Å². The van der Waals surface area contributed by atoms with Crippen molar-refractivity contribution in [3.8, 4) is 0 Å². The molecule has 0 aromatic heterocycles. The Morgan fingerprint density at radius 1 is 1.21 bits per heavy atom. The lowest BCUT2D eigenvalue weighted by Gasteiger charge is -2.33. The Balaban J connectivity index is 0.00000208. The van der Waals surface area contributed by atoms with Gasteiger partial charge in [0.25, 0.3) is 0 Å². The highest BCUT2D eigenvalue weighted by Crippen LogP contribution is 2.18. The standard InChI is InChI=1S/C18H25N3O2.ClH/c22-17(9-14-5-2-1-3-6-14)21-8-4-7-16(13-21)18(23)20-12-15-10-19-11-15;/h1-3,5-6,15-16,19H,4,7-13H2,(H,20,23);1H. The maximum absolute atomic E-state index is 12.4. The molecule has 1 unspecified atom stereocenters. The monoisotopic (exact) mass is 351 g/mol. The molecule has 0 aliphatic carbocycles. The van der Waals surface area contributed by atoms with Gasteiger partial charge in [0.1, 0.15) is 0 Å². The van der Waals surface area contributed by atoms with Crippen molar-refractivity contribution in [2.24, 2.45) is 11.8 Å². The molecule has 6 heteroatoms. The summed E-state index contributed by atoms with van der Waals surface area (Å²) in [5.74, 6) is 0.737. The first-order valence-electron chi connectivity index (χ1n) is 8.52. The van der Waals surface area contributed by atoms with Gasteiger partial charge < -0.3 is 15.5 Å². The SMILES string of the molecule is Cl.O=C(NCC1CNC1)C1CCCN(C(=O)Cc2ccccc2)C1. The van der Waals surface area contributed by atoms with Crippen molar-refractivity contribution in [1.29, 1.82) is 0 Å². The van der Waals surface area contributed by atoms with E-state index >= 15 is 0 Å². The van der Waals surface area contributed by atoms with Crippen LogP contribution >= 0.6 is 12.4 Å². The van der Waals surface area contributed by atoms with Crippen LogP contribution in [-0.2, 0) is 16.0 Å². The number of benzene rings is 1. The Bertz CT molecular complexity index is 548. The summed E-state index contributed by atoms with van der Waals surface area (Å²) in [6.45, 7) is 4.06. The molecule has 0 spiro atoms. The molecule has 1 aromatic carbocycles. The Hall–Kier alpha value is -1.59. The molecule has 2 aliphatic heterocycles. The van der Waals surface area contributed by atoms with Crippen molar-refractivity contribution < 1.29 is 9.59 Å². The summed E-state index contributed by atoms with van der Waals surface area (Å²) < 4.78 is 0. The zero-order chi connectivity index (χ0) is 16.1. The first kappa shape index (κ1) is 18.7. The minimum Gasteiger partial charge on any atom is -0.355 e. The second-order valence-electron chi connectivity index (χ2n) is 6.61. The first-order chi connectivity index (χ1) is 11.2. The van der Waals surface area contributed by atoms with Crippen LogP contribution in [0.25, 0.3) is 0 Å². The highest BCUT2D eigenvalue weighted by atomic mass is 35.5. The topological polar surface area (TPSA) is 61.4 Å². The lowest BCUT2D eigenvalue weighted by atomic mass is 9.96. The van der Waals surface area contributed by atoms with Crippen LogP contribution in [-0.4, -0.2) is 49.4 Å². The molecule has 2 N–H and O–H groups in total. The molecule has 132 valence electrons.